The third kappa shape index (κ3) is 1.90. The summed E-state index contributed by atoms with van der Waals surface area (Å²) in [6.45, 7) is 0. The number of hydrogen-bond donors (Lipinski definition) is 0. The smallest absolute Gasteiger partial charge is 0.413 e. The van der Waals surface area contributed by atoms with Gasteiger partial charge in [0.15, 0.2) is 0 Å². The van der Waals surface area contributed by atoms with Crippen LogP contribution in [0.4, 0.5) is 17.6 Å². The van der Waals surface area contributed by atoms with Gasteiger partial charge in [-0.25, -0.2) is 4.79 Å². The summed E-state index contributed by atoms with van der Waals surface area (Å²) in [7, 11) is 0.477. The van der Waals surface area contributed by atoms with Crippen LogP contribution in [0, 0.1) is 0 Å². The van der Waals surface area contributed by atoms with Crippen molar-refractivity contribution in [3.63, 3.8) is 0 Å². The minimum absolute atomic E-state index is 0.477. The van der Waals surface area contributed by atoms with E-state index in [1.165, 1.54) is 0 Å². The molecule has 0 unspecified atom stereocenters. The number of alkyl halides is 4. The van der Waals surface area contributed by atoms with E-state index in [4.69, 9.17) is 0 Å². The van der Waals surface area contributed by atoms with Crippen molar-refractivity contribution in [2.75, 3.05) is 7.11 Å². The first kappa shape index (κ1) is 12.2. The molecular formula is C5H3ClF4O3. The van der Waals surface area contributed by atoms with E-state index >= 15 is 0 Å². The van der Waals surface area contributed by atoms with Crippen molar-refractivity contribution in [3.05, 3.63) is 0 Å². The van der Waals surface area contributed by atoms with E-state index in [1.54, 1.807) is 0 Å². The van der Waals surface area contributed by atoms with Gasteiger partial charge in [0.2, 0.25) is 0 Å². The number of halogens is 5. The summed E-state index contributed by atoms with van der Waals surface area (Å²) >= 11 is 4.18. The number of carbonyl (C=O) groups excluding carboxylic acids is 2. The zero-order valence-electron chi connectivity index (χ0n) is 6.11. The van der Waals surface area contributed by atoms with Gasteiger partial charge in [0, 0.05) is 0 Å². The Morgan fingerprint density at radius 1 is 1.15 bits per heavy atom. The first-order valence-electron chi connectivity index (χ1n) is 2.72. The van der Waals surface area contributed by atoms with Crippen LogP contribution in [0.15, 0.2) is 0 Å². The first-order valence-corrected chi connectivity index (χ1v) is 3.09. The Kier molecular flexibility index (Phi) is 3.26. The van der Waals surface area contributed by atoms with Gasteiger partial charge in [-0.2, -0.15) is 17.6 Å². The molecule has 3 nitrogen and oxygen atoms in total. The van der Waals surface area contributed by atoms with Crippen molar-refractivity contribution in [1.29, 1.82) is 0 Å². The number of ether oxygens (including phenoxy) is 1. The summed E-state index contributed by atoms with van der Waals surface area (Å²) in [6, 6.07) is 0. The quantitative estimate of drug-likeness (QED) is 0.409. The highest BCUT2D eigenvalue weighted by Crippen LogP contribution is 2.36. The van der Waals surface area contributed by atoms with Crippen molar-refractivity contribution < 1.29 is 31.9 Å². The average molecular weight is 223 g/mol. The summed E-state index contributed by atoms with van der Waals surface area (Å²) in [4.78, 5) is 20.0. The van der Waals surface area contributed by atoms with Gasteiger partial charge >= 0.3 is 17.8 Å². The molecule has 0 spiro atoms. The maximum atomic E-state index is 12.3. The van der Waals surface area contributed by atoms with Crippen molar-refractivity contribution in [2.24, 2.45) is 0 Å². The molecule has 0 aliphatic carbocycles. The Balaban J connectivity index is 5.02. The maximum absolute atomic E-state index is 12.3. The molecule has 0 heterocycles. The molecule has 0 atom stereocenters. The van der Waals surface area contributed by atoms with Crippen LogP contribution in [0.5, 0.6) is 0 Å². The van der Waals surface area contributed by atoms with E-state index in [9.17, 15) is 27.2 Å². The molecule has 0 saturated carbocycles. The molecular weight excluding hydrogens is 219 g/mol. The zero-order chi connectivity index (χ0) is 10.9. The van der Waals surface area contributed by atoms with Crippen LogP contribution in [0.25, 0.3) is 0 Å². The molecule has 0 bridgehead atoms. The Morgan fingerprint density at radius 3 is 1.77 bits per heavy atom. The lowest BCUT2D eigenvalue weighted by Crippen LogP contribution is -2.51. The molecule has 0 N–H and O–H groups in total. The van der Waals surface area contributed by atoms with E-state index in [1.807, 2.05) is 0 Å². The number of methoxy groups -OCH3 is 1. The third-order valence-corrected chi connectivity index (χ3v) is 1.32. The van der Waals surface area contributed by atoms with Crippen molar-refractivity contribution in [2.45, 2.75) is 11.8 Å². The molecule has 0 rings (SSSR count). The van der Waals surface area contributed by atoms with Gasteiger partial charge in [-0.05, 0) is 11.6 Å². The second kappa shape index (κ2) is 3.49. The highest BCUT2D eigenvalue weighted by Gasteiger charge is 2.67. The molecule has 8 heteroatoms. The normalized spacial score (nSPS) is 12.5. The number of hydrogen-bond acceptors (Lipinski definition) is 3. The largest absolute Gasteiger partial charge is 0.464 e. The average Bonchev–Trinajstić information content (AvgIpc) is 2.02. The molecule has 0 aliphatic rings. The summed E-state index contributed by atoms with van der Waals surface area (Å²) in [6.07, 6.45) is 0. The molecule has 0 saturated heterocycles. The number of rotatable bonds is 3. The lowest BCUT2D eigenvalue weighted by atomic mass is 10.2. The highest BCUT2D eigenvalue weighted by atomic mass is 35.5. The molecule has 13 heavy (non-hydrogen) atoms. The summed E-state index contributed by atoms with van der Waals surface area (Å²) in [5, 5.41) is -2.62. The predicted octanol–water partition coefficient (Wildman–Crippen LogP) is 1.20. The van der Waals surface area contributed by atoms with Gasteiger partial charge in [0.25, 0.3) is 5.24 Å². The fourth-order valence-corrected chi connectivity index (χ4v) is 0.498. The van der Waals surface area contributed by atoms with Crippen LogP contribution in [0.3, 0.4) is 0 Å². The fourth-order valence-electron chi connectivity index (χ4n) is 0.380. The minimum atomic E-state index is -5.26. The standard InChI is InChI=1S/C5H3ClF4O3/c1-13-3(12)5(9,10)4(7,8)2(6)11/h1H3. The topological polar surface area (TPSA) is 43.4 Å². The second-order valence-electron chi connectivity index (χ2n) is 1.91. The molecule has 76 valence electrons. The molecule has 0 fully saturated rings. The van der Waals surface area contributed by atoms with Gasteiger partial charge in [0.1, 0.15) is 0 Å². The Labute approximate surface area is 74.6 Å². The van der Waals surface area contributed by atoms with Gasteiger partial charge < -0.3 is 4.74 Å². The number of esters is 1. The zero-order valence-corrected chi connectivity index (χ0v) is 6.87. The van der Waals surface area contributed by atoms with E-state index in [-0.39, 0.29) is 0 Å². The van der Waals surface area contributed by atoms with Crippen LogP contribution in [0.2, 0.25) is 0 Å². The van der Waals surface area contributed by atoms with Crippen LogP contribution in [-0.2, 0) is 14.3 Å². The maximum Gasteiger partial charge on any atom is 0.413 e. The van der Waals surface area contributed by atoms with Gasteiger partial charge in [0.05, 0.1) is 7.11 Å². The van der Waals surface area contributed by atoms with Crippen LogP contribution >= 0.6 is 11.6 Å². The van der Waals surface area contributed by atoms with Crippen LogP contribution in [0.1, 0.15) is 0 Å². The number of carbonyl (C=O) groups is 2. The van der Waals surface area contributed by atoms with Gasteiger partial charge in [-0.1, -0.05) is 0 Å². The minimum Gasteiger partial charge on any atom is -0.464 e. The van der Waals surface area contributed by atoms with E-state index in [0.717, 1.165) is 0 Å². The molecule has 0 aromatic carbocycles. The summed E-state index contributed by atoms with van der Waals surface area (Å²) in [5.74, 6) is -13.0. The monoisotopic (exact) mass is 222 g/mol. The molecule has 0 aromatic rings. The summed E-state index contributed by atoms with van der Waals surface area (Å²) in [5.41, 5.74) is 0. The van der Waals surface area contributed by atoms with E-state index in [0.29, 0.717) is 7.11 Å². The fraction of sp³-hybridized carbons (Fsp3) is 0.600. The van der Waals surface area contributed by atoms with Crippen LogP contribution in [-0.4, -0.2) is 30.2 Å². The van der Waals surface area contributed by atoms with Crippen LogP contribution < -0.4 is 0 Å². The van der Waals surface area contributed by atoms with Crippen molar-refractivity contribution in [1.82, 2.24) is 0 Å². The van der Waals surface area contributed by atoms with Gasteiger partial charge in [-0.3, -0.25) is 4.79 Å². The lowest BCUT2D eigenvalue weighted by molar-refractivity contribution is -0.219. The van der Waals surface area contributed by atoms with E-state index in [2.05, 4.69) is 16.3 Å². The predicted molar refractivity (Wildman–Crippen MR) is 32.8 cm³/mol. The summed E-state index contributed by atoms with van der Waals surface area (Å²) < 4.78 is 52.5. The molecule has 0 aromatic heterocycles. The van der Waals surface area contributed by atoms with Gasteiger partial charge in [-0.15, -0.1) is 0 Å². The Morgan fingerprint density at radius 2 is 1.54 bits per heavy atom. The molecule has 0 radical (unpaired) electrons. The third-order valence-electron chi connectivity index (χ3n) is 1.08. The molecule has 0 aliphatic heterocycles. The molecule has 0 amide bonds. The lowest BCUT2D eigenvalue weighted by Gasteiger charge is -2.20. The highest BCUT2D eigenvalue weighted by molar-refractivity contribution is 6.65. The SMILES string of the molecule is COC(=O)C(F)(F)C(F)(F)C(=O)Cl. The first-order chi connectivity index (χ1) is 5.67. The van der Waals surface area contributed by atoms with E-state index < -0.39 is 23.1 Å². The second-order valence-corrected chi connectivity index (χ2v) is 2.26. The van der Waals surface area contributed by atoms with Crippen molar-refractivity contribution in [3.8, 4) is 0 Å². The Bertz CT molecular complexity index is 240. The Hall–Kier alpha value is -0.850. The van der Waals surface area contributed by atoms with Crippen molar-refractivity contribution >= 4 is 22.8 Å².